The highest BCUT2D eigenvalue weighted by molar-refractivity contribution is 9.47. The predicted molar refractivity (Wildman–Crippen MR) is 110 cm³/mol. The average molecular weight is 486 g/mol. The summed E-state index contributed by atoms with van der Waals surface area (Å²) >= 11 is 8.96. The van der Waals surface area contributed by atoms with Crippen LogP contribution in [0, 0.1) is 0 Å². The SMILES string of the molecule is CCCCC(CC(=O)OC)c1cc(Cl)c(OCCCS(=O)(=O)Br)cc1OC. The molecule has 0 aliphatic heterocycles. The molecule has 1 aromatic rings. The van der Waals surface area contributed by atoms with Crippen LogP contribution in [-0.2, 0) is 17.8 Å². The Bertz CT molecular complexity index is 723. The molecule has 1 unspecified atom stereocenters. The van der Waals surface area contributed by atoms with E-state index in [9.17, 15) is 13.2 Å². The van der Waals surface area contributed by atoms with Gasteiger partial charge in [0.05, 0.1) is 52.8 Å². The Morgan fingerprint density at radius 3 is 2.48 bits per heavy atom. The minimum Gasteiger partial charge on any atom is -0.496 e. The number of esters is 1. The van der Waals surface area contributed by atoms with Crippen LogP contribution in [-0.4, -0.2) is 41.0 Å². The largest absolute Gasteiger partial charge is 0.496 e. The zero-order valence-electron chi connectivity index (χ0n) is 15.8. The molecule has 0 fully saturated rings. The highest BCUT2D eigenvalue weighted by atomic mass is 79.9. The van der Waals surface area contributed by atoms with Crippen LogP contribution >= 0.6 is 26.4 Å². The van der Waals surface area contributed by atoms with E-state index in [-0.39, 0.29) is 30.7 Å². The molecule has 0 N–H and O–H groups in total. The summed E-state index contributed by atoms with van der Waals surface area (Å²) in [7, 11) is -0.298. The van der Waals surface area contributed by atoms with E-state index >= 15 is 0 Å². The lowest BCUT2D eigenvalue weighted by Gasteiger charge is -2.20. The van der Waals surface area contributed by atoms with Gasteiger partial charge in [-0.25, -0.2) is 8.42 Å². The van der Waals surface area contributed by atoms with Gasteiger partial charge in [0, 0.05) is 6.07 Å². The van der Waals surface area contributed by atoms with Crippen molar-refractivity contribution in [2.45, 2.75) is 44.9 Å². The van der Waals surface area contributed by atoms with Gasteiger partial charge in [0.25, 0.3) is 0 Å². The Kier molecular flexibility index (Phi) is 10.5. The monoisotopic (exact) mass is 484 g/mol. The summed E-state index contributed by atoms with van der Waals surface area (Å²) in [5, 5.41) is 0.388. The number of methoxy groups -OCH3 is 2. The number of rotatable bonds is 12. The highest BCUT2D eigenvalue weighted by Gasteiger charge is 2.22. The Labute approximate surface area is 173 Å². The van der Waals surface area contributed by atoms with E-state index in [1.54, 1.807) is 19.2 Å². The lowest BCUT2D eigenvalue weighted by molar-refractivity contribution is -0.141. The average Bonchev–Trinajstić information content (AvgIpc) is 2.61. The minimum atomic E-state index is -3.21. The second-order valence-corrected chi connectivity index (χ2v) is 10.9. The van der Waals surface area contributed by atoms with Crippen LogP contribution in [0.1, 0.15) is 50.5 Å². The molecule has 0 spiro atoms. The first-order chi connectivity index (χ1) is 12.7. The van der Waals surface area contributed by atoms with E-state index in [0.29, 0.717) is 22.9 Å². The third-order valence-corrected chi connectivity index (χ3v) is 6.10. The summed E-state index contributed by atoms with van der Waals surface area (Å²) in [6.07, 6.45) is 3.34. The summed E-state index contributed by atoms with van der Waals surface area (Å²) in [6.45, 7) is 2.29. The van der Waals surface area contributed by atoms with Crippen LogP contribution in [0.2, 0.25) is 5.02 Å². The number of carbonyl (C=O) groups is 1. The molecule has 154 valence electrons. The first kappa shape index (κ1) is 24.0. The molecule has 6 nitrogen and oxygen atoms in total. The van der Waals surface area contributed by atoms with Crippen molar-refractivity contribution < 1.29 is 27.4 Å². The van der Waals surface area contributed by atoms with Crippen LogP contribution in [0.4, 0.5) is 0 Å². The molecule has 0 aliphatic rings. The van der Waals surface area contributed by atoms with Gasteiger partial charge in [-0.1, -0.05) is 31.4 Å². The van der Waals surface area contributed by atoms with Crippen molar-refractivity contribution in [3.63, 3.8) is 0 Å². The molecular weight excluding hydrogens is 460 g/mol. The van der Waals surface area contributed by atoms with E-state index in [0.717, 1.165) is 24.8 Å². The van der Waals surface area contributed by atoms with Gasteiger partial charge in [-0.15, -0.1) is 0 Å². The van der Waals surface area contributed by atoms with Crippen LogP contribution < -0.4 is 9.47 Å². The Balaban J connectivity index is 2.99. The summed E-state index contributed by atoms with van der Waals surface area (Å²) in [4.78, 5) is 11.8. The van der Waals surface area contributed by atoms with Gasteiger partial charge < -0.3 is 14.2 Å². The van der Waals surface area contributed by atoms with Gasteiger partial charge in [-0.05, 0) is 30.4 Å². The third kappa shape index (κ3) is 8.70. The fourth-order valence-electron chi connectivity index (χ4n) is 2.67. The van der Waals surface area contributed by atoms with Gasteiger partial charge in [-0.2, -0.15) is 0 Å². The molecule has 0 bridgehead atoms. The number of carbonyl (C=O) groups excluding carboxylic acids is 1. The van der Waals surface area contributed by atoms with Crippen LogP contribution in [0.5, 0.6) is 11.5 Å². The number of benzene rings is 1. The maximum absolute atomic E-state index is 11.8. The van der Waals surface area contributed by atoms with Crippen molar-refractivity contribution >= 4 is 40.7 Å². The van der Waals surface area contributed by atoms with Crippen molar-refractivity contribution in [1.82, 2.24) is 0 Å². The van der Waals surface area contributed by atoms with Crippen LogP contribution in [0.25, 0.3) is 0 Å². The number of hydrogen-bond donors (Lipinski definition) is 0. The summed E-state index contributed by atoms with van der Waals surface area (Å²) < 4.78 is 38.1. The number of halogens is 2. The van der Waals surface area contributed by atoms with E-state index in [1.807, 2.05) is 0 Å². The molecule has 0 aromatic heterocycles. The Morgan fingerprint density at radius 1 is 1.22 bits per heavy atom. The summed E-state index contributed by atoms with van der Waals surface area (Å²) in [5.74, 6) is 0.602. The topological polar surface area (TPSA) is 78.9 Å². The molecule has 0 amide bonds. The van der Waals surface area contributed by atoms with Gasteiger partial charge in [-0.3, -0.25) is 4.79 Å². The normalized spacial score (nSPS) is 12.5. The predicted octanol–water partition coefficient (Wildman–Crippen LogP) is 4.68. The first-order valence-corrected chi connectivity index (χ1v) is 12.6. The second-order valence-electron chi connectivity index (χ2n) is 6.09. The lowest BCUT2D eigenvalue weighted by atomic mass is 9.90. The minimum absolute atomic E-state index is 0.0297. The number of unbranched alkanes of at least 4 members (excludes halogenated alkanes) is 1. The zero-order chi connectivity index (χ0) is 20.4. The van der Waals surface area contributed by atoms with E-state index in [2.05, 4.69) is 21.7 Å². The quantitative estimate of drug-likeness (QED) is 0.243. The lowest BCUT2D eigenvalue weighted by Crippen LogP contribution is -2.11. The molecule has 0 saturated heterocycles. The standard InChI is InChI=1S/C18H26BrClO6S/c1-4-5-7-13(10-18(21)25-3)14-11-15(20)17(12-16(14)24-2)26-8-6-9-27(19,22)23/h11-13H,4-10H2,1-3H3. The van der Waals surface area contributed by atoms with E-state index < -0.39 is 8.27 Å². The van der Waals surface area contributed by atoms with Crippen molar-refractivity contribution in [3.05, 3.63) is 22.7 Å². The Hall–Kier alpha value is -0.990. The number of hydrogen-bond acceptors (Lipinski definition) is 6. The Morgan fingerprint density at radius 2 is 1.93 bits per heavy atom. The van der Waals surface area contributed by atoms with Gasteiger partial charge in [0.2, 0.25) is 8.27 Å². The molecule has 1 aromatic carbocycles. The fraction of sp³-hybridized carbons (Fsp3) is 0.611. The molecule has 0 heterocycles. The molecular formula is C18H26BrClO6S. The highest BCUT2D eigenvalue weighted by Crippen LogP contribution is 2.39. The smallest absolute Gasteiger partial charge is 0.306 e. The molecule has 27 heavy (non-hydrogen) atoms. The summed E-state index contributed by atoms with van der Waals surface area (Å²) in [5.41, 5.74) is 0.830. The maximum Gasteiger partial charge on any atom is 0.306 e. The van der Waals surface area contributed by atoms with Gasteiger partial charge >= 0.3 is 5.97 Å². The van der Waals surface area contributed by atoms with Gasteiger partial charge in [0.15, 0.2) is 0 Å². The van der Waals surface area contributed by atoms with E-state index in [1.165, 1.54) is 7.11 Å². The molecule has 0 aliphatic carbocycles. The molecule has 0 saturated carbocycles. The third-order valence-electron chi connectivity index (χ3n) is 4.06. The summed E-state index contributed by atoms with van der Waals surface area (Å²) in [6, 6.07) is 3.43. The van der Waals surface area contributed by atoms with Crippen molar-refractivity contribution in [2.24, 2.45) is 0 Å². The van der Waals surface area contributed by atoms with Gasteiger partial charge in [0.1, 0.15) is 11.5 Å². The second kappa shape index (κ2) is 11.8. The first-order valence-electron chi connectivity index (χ1n) is 8.71. The fourth-order valence-corrected chi connectivity index (χ4v) is 4.05. The molecule has 9 heteroatoms. The molecule has 0 radical (unpaired) electrons. The zero-order valence-corrected chi connectivity index (χ0v) is 19.0. The maximum atomic E-state index is 11.8. The number of ether oxygens (including phenoxy) is 3. The van der Waals surface area contributed by atoms with Crippen molar-refractivity contribution in [2.75, 3.05) is 26.6 Å². The molecule has 1 rings (SSSR count). The van der Waals surface area contributed by atoms with Crippen LogP contribution in [0.3, 0.4) is 0 Å². The van der Waals surface area contributed by atoms with Crippen LogP contribution in [0.15, 0.2) is 12.1 Å². The molecule has 1 atom stereocenters. The van der Waals surface area contributed by atoms with Crippen molar-refractivity contribution in [1.29, 1.82) is 0 Å². The van der Waals surface area contributed by atoms with Crippen molar-refractivity contribution in [3.8, 4) is 11.5 Å². The van der Waals surface area contributed by atoms with E-state index in [4.69, 9.17) is 25.8 Å².